The van der Waals surface area contributed by atoms with Gasteiger partial charge in [-0.3, -0.25) is 19.2 Å². The Bertz CT molecular complexity index is 644. The Morgan fingerprint density at radius 3 is 1.59 bits per heavy atom. The summed E-state index contributed by atoms with van der Waals surface area (Å²) in [6, 6.07) is -2.63. The van der Waals surface area contributed by atoms with Gasteiger partial charge in [-0.15, -0.1) is 0 Å². The fraction of sp³-hybridized carbons (Fsp3) is 0.762. The number of urea groups is 1. The summed E-state index contributed by atoms with van der Waals surface area (Å²) >= 11 is 0. The normalized spacial score (nSPS) is 20.9. The lowest BCUT2D eigenvalue weighted by Crippen LogP contribution is -2.65. The van der Waals surface area contributed by atoms with Crippen LogP contribution in [0.2, 0.25) is 0 Å². The maximum absolute atomic E-state index is 13.3. The summed E-state index contributed by atoms with van der Waals surface area (Å²) in [5, 5.41) is 5.32. The van der Waals surface area contributed by atoms with E-state index in [-0.39, 0.29) is 52.2 Å². The summed E-state index contributed by atoms with van der Waals surface area (Å²) in [6.07, 6.45) is 2.60. The lowest BCUT2D eigenvalue weighted by atomic mass is 10.1. The molecule has 2 N–H and O–H groups in total. The third-order valence-electron chi connectivity index (χ3n) is 5.39. The molecule has 4 amide bonds. The van der Waals surface area contributed by atoms with Gasteiger partial charge < -0.3 is 29.9 Å². The second kappa shape index (κ2) is 12.9. The largest absolute Gasteiger partial charge is 0.466 e. The average molecular weight is 455 g/mol. The first-order chi connectivity index (χ1) is 15.4. The Morgan fingerprint density at radius 2 is 1.22 bits per heavy atom. The van der Waals surface area contributed by atoms with Crippen LogP contribution in [0.25, 0.3) is 0 Å². The maximum atomic E-state index is 13.3. The van der Waals surface area contributed by atoms with Crippen molar-refractivity contribution < 1.29 is 33.4 Å². The number of hydrogen-bond acceptors (Lipinski definition) is 7. The van der Waals surface area contributed by atoms with Gasteiger partial charge >= 0.3 is 18.0 Å². The highest BCUT2D eigenvalue weighted by atomic mass is 16.5. The van der Waals surface area contributed by atoms with E-state index < -0.39 is 41.9 Å². The summed E-state index contributed by atoms with van der Waals surface area (Å²) in [5.74, 6) is -2.03. The van der Waals surface area contributed by atoms with E-state index >= 15 is 0 Å². The summed E-state index contributed by atoms with van der Waals surface area (Å²) in [6.45, 7) is 5.28. The highest BCUT2D eigenvalue weighted by Gasteiger charge is 2.42. The molecular weight excluding hydrogens is 420 g/mol. The Kier molecular flexibility index (Phi) is 10.2. The summed E-state index contributed by atoms with van der Waals surface area (Å²) in [4.78, 5) is 65.2. The molecule has 2 aliphatic rings. The number of piperazine rings is 2. The van der Waals surface area contributed by atoms with Gasteiger partial charge in [-0.25, -0.2) is 4.79 Å². The molecule has 2 heterocycles. The molecule has 0 bridgehead atoms. The molecule has 180 valence electrons. The second-order valence-corrected chi connectivity index (χ2v) is 7.84. The number of hydrogen-bond donors (Lipinski definition) is 2. The van der Waals surface area contributed by atoms with Crippen molar-refractivity contribution in [3.63, 3.8) is 0 Å². The van der Waals surface area contributed by atoms with Crippen LogP contribution >= 0.6 is 0 Å². The van der Waals surface area contributed by atoms with Crippen molar-refractivity contribution in [2.24, 2.45) is 0 Å². The molecule has 32 heavy (non-hydrogen) atoms. The summed E-state index contributed by atoms with van der Waals surface area (Å²) < 4.78 is 10.3. The molecule has 2 fully saturated rings. The first-order valence-electron chi connectivity index (χ1n) is 11.3. The molecule has 0 aromatic rings. The SMILES string of the molecule is CCCCOC(=O)CC1C(=O)NCCN1C(=O)N1CCNC(=O)C1CC(=O)OCCCC. The minimum absolute atomic E-state index is 0.184. The van der Waals surface area contributed by atoms with E-state index in [4.69, 9.17) is 9.47 Å². The fourth-order valence-corrected chi connectivity index (χ4v) is 3.55. The van der Waals surface area contributed by atoms with Crippen molar-refractivity contribution in [3.8, 4) is 0 Å². The predicted octanol–water partition coefficient (Wildman–Crippen LogP) is 0.174. The number of nitrogens with zero attached hydrogens (tertiary/aromatic N) is 2. The molecule has 2 unspecified atom stereocenters. The number of rotatable bonds is 10. The van der Waals surface area contributed by atoms with Gasteiger partial charge in [-0.05, 0) is 12.8 Å². The van der Waals surface area contributed by atoms with E-state index in [9.17, 15) is 24.0 Å². The van der Waals surface area contributed by atoms with E-state index in [1.807, 2.05) is 13.8 Å². The standard InChI is InChI=1S/C21H34N4O7/c1-3-5-11-31-17(26)13-15-19(28)22-7-9-24(15)21(30)25-10-8-23-20(29)16(25)14-18(27)32-12-6-4-2/h15-16H,3-14H2,1-2H3,(H,22,28)(H,23,29). The monoisotopic (exact) mass is 454 g/mol. The van der Waals surface area contributed by atoms with Crippen LogP contribution in [0.15, 0.2) is 0 Å². The van der Waals surface area contributed by atoms with Crippen LogP contribution in [0, 0.1) is 0 Å². The van der Waals surface area contributed by atoms with E-state index in [0.29, 0.717) is 12.8 Å². The summed E-state index contributed by atoms with van der Waals surface area (Å²) in [7, 11) is 0. The zero-order valence-electron chi connectivity index (χ0n) is 18.9. The minimum Gasteiger partial charge on any atom is -0.466 e. The molecular formula is C21H34N4O7. The van der Waals surface area contributed by atoms with E-state index in [1.165, 1.54) is 9.80 Å². The number of ether oxygens (including phenoxy) is 2. The average Bonchev–Trinajstić information content (AvgIpc) is 2.76. The maximum Gasteiger partial charge on any atom is 0.321 e. The molecule has 11 nitrogen and oxygen atoms in total. The number of carbonyl (C=O) groups is 5. The van der Waals surface area contributed by atoms with Gasteiger partial charge in [0.1, 0.15) is 12.1 Å². The number of esters is 2. The predicted molar refractivity (Wildman–Crippen MR) is 113 cm³/mol. The van der Waals surface area contributed by atoms with Crippen molar-refractivity contribution >= 4 is 29.8 Å². The van der Waals surface area contributed by atoms with Crippen LogP contribution in [-0.2, 0) is 28.7 Å². The van der Waals surface area contributed by atoms with Crippen molar-refractivity contribution in [1.82, 2.24) is 20.4 Å². The quantitative estimate of drug-likeness (QED) is 0.355. The lowest BCUT2D eigenvalue weighted by Gasteiger charge is -2.41. The van der Waals surface area contributed by atoms with Crippen molar-refractivity contribution in [2.45, 2.75) is 64.5 Å². The van der Waals surface area contributed by atoms with Crippen molar-refractivity contribution in [3.05, 3.63) is 0 Å². The molecule has 0 radical (unpaired) electrons. The molecule has 0 spiro atoms. The van der Waals surface area contributed by atoms with Gasteiger partial charge in [-0.2, -0.15) is 0 Å². The number of carbonyl (C=O) groups excluding carboxylic acids is 5. The van der Waals surface area contributed by atoms with E-state index in [1.54, 1.807) is 0 Å². The van der Waals surface area contributed by atoms with Gasteiger partial charge in [-0.1, -0.05) is 26.7 Å². The molecule has 2 rings (SSSR count). The first-order valence-corrected chi connectivity index (χ1v) is 11.3. The van der Waals surface area contributed by atoms with Crippen LogP contribution in [0.4, 0.5) is 4.79 Å². The fourth-order valence-electron chi connectivity index (χ4n) is 3.55. The lowest BCUT2D eigenvalue weighted by molar-refractivity contribution is -0.148. The zero-order valence-corrected chi connectivity index (χ0v) is 18.9. The molecule has 11 heteroatoms. The van der Waals surface area contributed by atoms with Crippen LogP contribution < -0.4 is 10.6 Å². The molecule has 2 saturated heterocycles. The Balaban J connectivity index is 2.09. The molecule has 2 atom stereocenters. The number of unbranched alkanes of at least 4 members (excludes halogenated alkanes) is 2. The Morgan fingerprint density at radius 1 is 0.812 bits per heavy atom. The van der Waals surface area contributed by atoms with Gasteiger partial charge in [0.05, 0.1) is 26.1 Å². The molecule has 2 aliphatic heterocycles. The van der Waals surface area contributed by atoms with Gasteiger partial charge in [0.2, 0.25) is 11.8 Å². The van der Waals surface area contributed by atoms with Gasteiger partial charge in [0, 0.05) is 26.2 Å². The molecule has 0 aliphatic carbocycles. The highest BCUT2D eigenvalue weighted by molar-refractivity contribution is 5.95. The molecule has 0 saturated carbocycles. The van der Waals surface area contributed by atoms with Crippen molar-refractivity contribution in [2.75, 3.05) is 39.4 Å². The third-order valence-corrected chi connectivity index (χ3v) is 5.39. The van der Waals surface area contributed by atoms with E-state index in [0.717, 1.165) is 12.8 Å². The topological polar surface area (TPSA) is 134 Å². The van der Waals surface area contributed by atoms with Gasteiger partial charge in [0.15, 0.2) is 0 Å². The highest BCUT2D eigenvalue weighted by Crippen LogP contribution is 2.18. The van der Waals surface area contributed by atoms with Crippen LogP contribution in [0.5, 0.6) is 0 Å². The van der Waals surface area contributed by atoms with Crippen LogP contribution in [0.3, 0.4) is 0 Å². The Hall–Kier alpha value is -2.85. The summed E-state index contributed by atoms with van der Waals surface area (Å²) in [5.41, 5.74) is 0. The number of nitrogens with one attached hydrogen (secondary N) is 2. The first kappa shape index (κ1) is 25.4. The third kappa shape index (κ3) is 7.10. The van der Waals surface area contributed by atoms with Gasteiger partial charge in [0.25, 0.3) is 0 Å². The minimum atomic E-state index is -1.03. The van der Waals surface area contributed by atoms with Crippen LogP contribution in [0.1, 0.15) is 52.4 Å². The van der Waals surface area contributed by atoms with Crippen LogP contribution in [-0.4, -0.2) is 91.1 Å². The molecule has 0 aromatic heterocycles. The van der Waals surface area contributed by atoms with Crippen molar-refractivity contribution in [1.29, 1.82) is 0 Å². The Labute approximate surface area is 188 Å². The number of amides is 4. The molecule has 0 aromatic carbocycles. The van der Waals surface area contributed by atoms with E-state index in [2.05, 4.69) is 10.6 Å². The zero-order chi connectivity index (χ0) is 23.5. The second-order valence-electron chi connectivity index (χ2n) is 7.84. The smallest absolute Gasteiger partial charge is 0.321 e.